The van der Waals surface area contributed by atoms with E-state index >= 15 is 0 Å². The van der Waals surface area contributed by atoms with Crippen LogP contribution in [0.2, 0.25) is 0 Å². The van der Waals surface area contributed by atoms with Gasteiger partial charge in [-0.05, 0) is 19.3 Å². The van der Waals surface area contributed by atoms with Crippen LogP contribution >= 0.6 is 7.82 Å². The topological polar surface area (TPSA) is 116 Å². The first-order valence-corrected chi connectivity index (χ1v) is 22.7. The molecule has 0 aromatic rings. The van der Waals surface area contributed by atoms with Crippen molar-refractivity contribution in [1.29, 1.82) is 0 Å². The van der Waals surface area contributed by atoms with Gasteiger partial charge in [0.1, 0.15) is 0 Å². The summed E-state index contributed by atoms with van der Waals surface area (Å²) in [5, 5.41) is 13.4. The van der Waals surface area contributed by atoms with E-state index in [0.29, 0.717) is 6.42 Å². The number of carbonyl (C=O) groups excluding carboxylic acids is 1. The number of amides is 1. The zero-order valence-corrected chi connectivity index (χ0v) is 33.3. The van der Waals surface area contributed by atoms with Crippen LogP contribution in [0.4, 0.5) is 0 Å². The monoisotopic (exact) mass is 716 g/mol. The Morgan fingerprint density at radius 3 is 1.24 bits per heavy atom. The molecule has 0 spiro atoms. The number of rotatable bonds is 39. The van der Waals surface area contributed by atoms with Crippen molar-refractivity contribution in [2.75, 3.05) is 6.61 Å². The molecular formula is C41H82NO6P. The van der Waals surface area contributed by atoms with Crippen LogP contribution in [0, 0.1) is 0 Å². The molecule has 0 heterocycles. The minimum Gasteiger partial charge on any atom is -0.387 e. The summed E-state index contributed by atoms with van der Waals surface area (Å²) in [5.74, 6) is -0.223. The van der Waals surface area contributed by atoms with Gasteiger partial charge >= 0.3 is 7.82 Å². The Kier molecular flexibility index (Phi) is 36.5. The van der Waals surface area contributed by atoms with Crippen molar-refractivity contribution in [2.45, 2.75) is 238 Å². The average Bonchev–Trinajstić information content (AvgIpc) is 3.07. The highest BCUT2D eigenvalue weighted by molar-refractivity contribution is 7.46. The molecule has 0 fully saturated rings. The maximum Gasteiger partial charge on any atom is 0.469 e. The van der Waals surface area contributed by atoms with E-state index in [1.807, 2.05) is 6.08 Å². The second-order valence-electron chi connectivity index (χ2n) is 14.7. The Balaban J connectivity index is 3.86. The van der Waals surface area contributed by atoms with Crippen LogP contribution in [0.3, 0.4) is 0 Å². The fourth-order valence-electron chi connectivity index (χ4n) is 6.52. The van der Waals surface area contributed by atoms with Crippen molar-refractivity contribution >= 4 is 13.7 Å². The third-order valence-corrected chi connectivity index (χ3v) is 10.2. The molecule has 49 heavy (non-hydrogen) atoms. The highest BCUT2D eigenvalue weighted by Crippen LogP contribution is 2.35. The van der Waals surface area contributed by atoms with E-state index in [1.165, 1.54) is 167 Å². The number of phosphoric acid groups is 1. The summed E-state index contributed by atoms with van der Waals surface area (Å²) in [6.07, 6.45) is 43.8. The summed E-state index contributed by atoms with van der Waals surface area (Å²) in [6, 6.07) is -0.904. The summed E-state index contributed by atoms with van der Waals surface area (Å²) in [4.78, 5) is 30.8. The Morgan fingerprint density at radius 2 is 0.898 bits per heavy atom. The molecule has 292 valence electrons. The summed E-state index contributed by atoms with van der Waals surface area (Å²) >= 11 is 0. The van der Waals surface area contributed by atoms with E-state index in [1.54, 1.807) is 6.08 Å². The van der Waals surface area contributed by atoms with Gasteiger partial charge in [-0.1, -0.05) is 212 Å². The molecule has 7 nitrogen and oxygen atoms in total. The van der Waals surface area contributed by atoms with Gasteiger partial charge in [0.25, 0.3) is 0 Å². The lowest BCUT2D eigenvalue weighted by atomic mass is 10.0. The van der Waals surface area contributed by atoms with Crippen LogP contribution in [0.25, 0.3) is 0 Å². The van der Waals surface area contributed by atoms with Gasteiger partial charge < -0.3 is 20.2 Å². The molecule has 0 aromatic carbocycles. The van der Waals surface area contributed by atoms with Crippen molar-refractivity contribution < 1.29 is 28.8 Å². The summed E-state index contributed by atoms with van der Waals surface area (Å²) in [6.45, 7) is 4.08. The molecule has 0 saturated heterocycles. The predicted octanol–water partition coefficient (Wildman–Crippen LogP) is 12.4. The molecule has 0 aliphatic carbocycles. The van der Waals surface area contributed by atoms with Crippen molar-refractivity contribution in [3.8, 4) is 0 Å². The van der Waals surface area contributed by atoms with E-state index in [2.05, 4.69) is 23.7 Å². The van der Waals surface area contributed by atoms with Gasteiger partial charge in [0.2, 0.25) is 5.91 Å². The highest BCUT2D eigenvalue weighted by atomic mass is 31.2. The molecule has 2 atom stereocenters. The number of carbonyl (C=O) groups is 1. The number of allylic oxidation sites excluding steroid dienone is 1. The van der Waals surface area contributed by atoms with Crippen molar-refractivity contribution in [1.82, 2.24) is 5.32 Å². The van der Waals surface area contributed by atoms with E-state index < -0.39 is 26.6 Å². The lowest BCUT2D eigenvalue weighted by Gasteiger charge is -2.22. The van der Waals surface area contributed by atoms with E-state index in [4.69, 9.17) is 9.79 Å². The third-order valence-electron chi connectivity index (χ3n) is 9.75. The van der Waals surface area contributed by atoms with Crippen LogP contribution < -0.4 is 5.32 Å². The largest absolute Gasteiger partial charge is 0.469 e. The normalized spacial score (nSPS) is 13.3. The number of hydrogen-bond acceptors (Lipinski definition) is 4. The van der Waals surface area contributed by atoms with Gasteiger partial charge in [-0.2, -0.15) is 0 Å². The van der Waals surface area contributed by atoms with Crippen molar-refractivity contribution in [3.63, 3.8) is 0 Å². The molecule has 1 amide bonds. The fraction of sp³-hybridized carbons (Fsp3) is 0.927. The van der Waals surface area contributed by atoms with Crippen LogP contribution in [0.5, 0.6) is 0 Å². The van der Waals surface area contributed by atoms with E-state index in [-0.39, 0.29) is 5.91 Å². The fourth-order valence-corrected chi connectivity index (χ4v) is 6.87. The summed E-state index contributed by atoms with van der Waals surface area (Å²) in [7, 11) is -4.71. The standard InChI is InChI=1S/C41H82NO6P/c1-3-5-7-9-11-13-15-17-18-19-20-21-22-23-24-25-27-29-31-33-35-37-41(44)42-39(38-48-49(45,46)47)40(43)36-34-32-30-28-26-16-14-12-10-8-6-4-2/h34,36,39-40,43H,3-33,35,37-38H2,1-2H3,(H,42,44)(H2,45,46,47)/b36-34+/t39-,40+/m0/s1. The van der Waals surface area contributed by atoms with Gasteiger partial charge in [-0.25, -0.2) is 4.57 Å². The Morgan fingerprint density at radius 1 is 0.571 bits per heavy atom. The maximum absolute atomic E-state index is 12.6. The van der Waals surface area contributed by atoms with Crippen LogP contribution in [0.1, 0.15) is 226 Å². The number of unbranched alkanes of at least 4 members (excludes halogenated alkanes) is 30. The second kappa shape index (κ2) is 37.1. The molecule has 4 N–H and O–H groups in total. The van der Waals surface area contributed by atoms with E-state index in [0.717, 1.165) is 38.5 Å². The molecule has 0 saturated carbocycles. The molecule has 0 aliphatic heterocycles. The molecule has 0 aliphatic rings. The maximum atomic E-state index is 12.6. The van der Waals surface area contributed by atoms with Crippen LogP contribution in [-0.4, -0.2) is 39.6 Å². The first-order chi connectivity index (χ1) is 23.8. The van der Waals surface area contributed by atoms with Gasteiger partial charge in [0.15, 0.2) is 0 Å². The SMILES string of the molecule is CCCCCCCCCCCC/C=C/[C@@H](O)[C@H](COP(=O)(O)O)NC(=O)CCCCCCCCCCCCCCCCCCCCCCC. The predicted molar refractivity (Wildman–Crippen MR) is 209 cm³/mol. The Labute approximate surface area is 303 Å². The minimum absolute atomic E-state index is 0.223. The Bertz CT molecular complexity index is 773. The third kappa shape index (κ3) is 38.3. The number of hydrogen-bond donors (Lipinski definition) is 4. The number of phosphoric ester groups is 1. The molecule has 0 rings (SSSR count). The number of aliphatic hydroxyl groups is 1. The first kappa shape index (κ1) is 48.3. The Hall–Kier alpha value is -0.720. The number of aliphatic hydroxyl groups excluding tert-OH is 1. The van der Waals surface area contributed by atoms with Crippen LogP contribution in [0.15, 0.2) is 12.2 Å². The lowest BCUT2D eigenvalue weighted by Crippen LogP contribution is -2.45. The number of nitrogens with one attached hydrogen (secondary N) is 1. The highest BCUT2D eigenvalue weighted by Gasteiger charge is 2.24. The zero-order chi connectivity index (χ0) is 36.1. The molecule has 8 heteroatoms. The lowest BCUT2D eigenvalue weighted by molar-refractivity contribution is -0.123. The van der Waals surface area contributed by atoms with Gasteiger partial charge in [0.05, 0.1) is 18.8 Å². The molecule has 0 bridgehead atoms. The minimum atomic E-state index is -4.71. The second-order valence-corrected chi connectivity index (χ2v) is 15.9. The quantitative estimate of drug-likeness (QED) is 0.0286. The molecule has 0 radical (unpaired) electrons. The van der Waals surface area contributed by atoms with Crippen molar-refractivity contribution in [2.24, 2.45) is 0 Å². The molecule has 0 aromatic heterocycles. The molecular weight excluding hydrogens is 633 g/mol. The van der Waals surface area contributed by atoms with Gasteiger partial charge in [-0.15, -0.1) is 0 Å². The summed E-state index contributed by atoms with van der Waals surface area (Å²) < 4.78 is 15.9. The van der Waals surface area contributed by atoms with Crippen molar-refractivity contribution in [3.05, 3.63) is 12.2 Å². The van der Waals surface area contributed by atoms with Gasteiger partial charge in [0, 0.05) is 6.42 Å². The van der Waals surface area contributed by atoms with Gasteiger partial charge in [-0.3, -0.25) is 9.32 Å². The first-order valence-electron chi connectivity index (χ1n) is 21.1. The smallest absolute Gasteiger partial charge is 0.387 e. The zero-order valence-electron chi connectivity index (χ0n) is 32.4. The van der Waals surface area contributed by atoms with Crippen LogP contribution in [-0.2, 0) is 13.9 Å². The average molecular weight is 716 g/mol. The summed E-state index contributed by atoms with van der Waals surface area (Å²) in [5.41, 5.74) is 0. The van der Waals surface area contributed by atoms with E-state index in [9.17, 15) is 14.5 Å². The molecule has 0 unspecified atom stereocenters.